The molecule has 6 nitrogen and oxygen atoms in total. The van der Waals surface area contributed by atoms with Gasteiger partial charge in [-0.15, -0.1) is 11.3 Å². The van der Waals surface area contributed by atoms with Crippen LogP contribution < -0.4 is 0 Å². The van der Waals surface area contributed by atoms with Crippen LogP contribution in [0.3, 0.4) is 0 Å². The number of likely N-dealkylation sites (tertiary alicyclic amines) is 1. The van der Waals surface area contributed by atoms with Crippen LogP contribution in [0.25, 0.3) is 34.0 Å². The summed E-state index contributed by atoms with van der Waals surface area (Å²) in [5, 5.41) is 3.10. The fourth-order valence-electron chi connectivity index (χ4n) is 5.99. The second kappa shape index (κ2) is 12.0. The Morgan fingerprint density at radius 2 is 1.70 bits per heavy atom. The summed E-state index contributed by atoms with van der Waals surface area (Å²) in [6.45, 7) is 7.94. The Kier molecular flexibility index (Phi) is 8.11. The van der Waals surface area contributed by atoms with E-state index in [2.05, 4.69) is 28.8 Å². The first-order chi connectivity index (χ1) is 21.2. The van der Waals surface area contributed by atoms with Crippen LogP contribution in [0, 0.1) is 13.8 Å². The smallest absolute Gasteiger partial charge is 0.339 e. The van der Waals surface area contributed by atoms with Gasteiger partial charge >= 0.3 is 6.18 Å². The van der Waals surface area contributed by atoms with Crippen LogP contribution in [-0.2, 0) is 12.7 Å². The number of hydrogen-bond acceptors (Lipinski definition) is 5. The van der Waals surface area contributed by atoms with Gasteiger partial charge in [0.1, 0.15) is 11.4 Å². The van der Waals surface area contributed by atoms with Gasteiger partial charge < -0.3 is 9.47 Å². The number of pyridine rings is 1. The van der Waals surface area contributed by atoms with E-state index in [4.69, 9.17) is 9.97 Å². The molecule has 0 N–H and O–H groups in total. The van der Waals surface area contributed by atoms with Crippen LogP contribution in [0.15, 0.2) is 72.2 Å². The predicted molar refractivity (Wildman–Crippen MR) is 166 cm³/mol. The molecule has 6 rings (SSSR count). The van der Waals surface area contributed by atoms with Crippen LogP contribution in [0.5, 0.6) is 0 Å². The molecule has 0 aliphatic carbocycles. The highest BCUT2D eigenvalue weighted by Crippen LogP contribution is 2.37. The summed E-state index contributed by atoms with van der Waals surface area (Å²) in [7, 11) is 0. The third kappa shape index (κ3) is 5.66. The number of aromatic nitrogens is 4. The van der Waals surface area contributed by atoms with Crippen LogP contribution in [0.4, 0.5) is 13.2 Å². The SMILES string of the molecule is CCn1c(-c2csc(C3CCN(C(=O)c4cccc(C)c4-c4ccc(C(F)(F)F)cc4)CC3)n2)nc(-c2ccccn2)c1C. The number of nitrogens with zero attached hydrogens (tertiary/aromatic N) is 5. The number of piperidine rings is 1. The largest absolute Gasteiger partial charge is 0.416 e. The molecule has 44 heavy (non-hydrogen) atoms. The van der Waals surface area contributed by atoms with Gasteiger partial charge in [-0.1, -0.05) is 30.3 Å². The average Bonchev–Trinajstić information content (AvgIpc) is 3.65. The zero-order valence-corrected chi connectivity index (χ0v) is 25.5. The summed E-state index contributed by atoms with van der Waals surface area (Å²) in [4.78, 5) is 30.0. The van der Waals surface area contributed by atoms with Crippen molar-refractivity contribution in [2.45, 2.75) is 52.3 Å². The normalized spacial score (nSPS) is 14.3. The molecule has 0 unspecified atom stereocenters. The van der Waals surface area contributed by atoms with Crippen molar-refractivity contribution in [2.24, 2.45) is 0 Å². The van der Waals surface area contributed by atoms with Gasteiger partial charge in [-0.05, 0) is 80.6 Å². The van der Waals surface area contributed by atoms with Crippen LogP contribution in [0.2, 0.25) is 0 Å². The fraction of sp³-hybridized carbons (Fsp3) is 0.294. The number of carbonyl (C=O) groups excluding carboxylic acids is 1. The zero-order chi connectivity index (χ0) is 31.0. The molecule has 3 aromatic heterocycles. The van der Waals surface area contributed by atoms with E-state index in [1.807, 2.05) is 42.2 Å². The van der Waals surface area contributed by atoms with Crippen molar-refractivity contribution >= 4 is 17.2 Å². The molecule has 10 heteroatoms. The number of amides is 1. The maximum Gasteiger partial charge on any atom is 0.416 e. The zero-order valence-electron chi connectivity index (χ0n) is 24.7. The van der Waals surface area contributed by atoms with E-state index in [0.29, 0.717) is 29.8 Å². The van der Waals surface area contributed by atoms with E-state index in [1.165, 1.54) is 12.1 Å². The monoisotopic (exact) mass is 615 g/mol. The lowest BCUT2D eigenvalue weighted by atomic mass is 9.92. The summed E-state index contributed by atoms with van der Waals surface area (Å²) in [5.41, 5.74) is 5.49. The van der Waals surface area contributed by atoms with E-state index in [9.17, 15) is 18.0 Å². The first-order valence-electron chi connectivity index (χ1n) is 14.7. The Hall–Kier alpha value is -4.31. The summed E-state index contributed by atoms with van der Waals surface area (Å²) >= 11 is 1.63. The van der Waals surface area contributed by atoms with E-state index in [-0.39, 0.29) is 11.8 Å². The second-order valence-electron chi connectivity index (χ2n) is 11.0. The van der Waals surface area contributed by atoms with Gasteiger partial charge in [0.15, 0.2) is 5.82 Å². The van der Waals surface area contributed by atoms with Crippen molar-refractivity contribution < 1.29 is 18.0 Å². The maximum atomic E-state index is 13.7. The number of imidazole rings is 1. The summed E-state index contributed by atoms with van der Waals surface area (Å²) < 4.78 is 41.6. The van der Waals surface area contributed by atoms with Crippen molar-refractivity contribution in [1.82, 2.24) is 24.4 Å². The van der Waals surface area contributed by atoms with Gasteiger partial charge in [-0.3, -0.25) is 9.78 Å². The standard InChI is InChI=1S/C34H32F3N5OS/c1-4-42-22(3)30(27-10-5-6-17-38-27)40-31(42)28-20-44-32(39-28)24-15-18-41(19-16-24)33(43)26-9-7-8-21(2)29(26)23-11-13-25(14-12-23)34(35,36)37/h5-14,17,20,24H,4,15-16,18-19H2,1-3H3. The van der Waals surface area contributed by atoms with Gasteiger partial charge in [0.2, 0.25) is 0 Å². The topological polar surface area (TPSA) is 63.9 Å². The minimum atomic E-state index is -4.41. The van der Waals surface area contributed by atoms with Gasteiger partial charge in [-0.2, -0.15) is 13.2 Å². The van der Waals surface area contributed by atoms with Gasteiger partial charge in [-0.25, -0.2) is 9.97 Å². The summed E-state index contributed by atoms with van der Waals surface area (Å²) in [6.07, 6.45) is -1.09. The van der Waals surface area contributed by atoms with E-state index >= 15 is 0 Å². The minimum absolute atomic E-state index is 0.107. The van der Waals surface area contributed by atoms with E-state index in [1.54, 1.807) is 23.6 Å². The Labute approximate surface area is 258 Å². The molecule has 0 radical (unpaired) electrons. The Morgan fingerprint density at radius 3 is 2.36 bits per heavy atom. The number of thiazole rings is 1. The third-order valence-corrected chi connectivity index (χ3v) is 9.34. The second-order valence-corrected chi connectivity index (χ2v) is 11.9. The first-order valence-corrected chi connectivity index (χ1v) is 15.5. The molecule has 0 bridgehead atoms. The molecule has 2 aromatic carbocycles. The lowest BCUT2D eigenvalue weighted by Crippen LogP contribution is -2.38. The summed E-state index contributed by atoms with van der Waals surface area (Å²) in [5.74, 6) is 0.950. The highest BCUT2D eigenvalue weighted by Gasteiger charge is 2.31. The molecule has 1 fully saturated rings. The molecule has 4 heterocycles. The number of halogens is 3. The average molecular weight is 616 g/mol. The molecule has 226 valence electrons. The van der Waals surface area contributed by atoms with E-state index < -0.39 is 11.7 Å². The van der Waals surface area contributed by atoms with Crippen LogP contribution in [0.1, 0.15) is 57.9 Å². The van der Waals surface area contributed by atoms with Crippen molar-refractivity contribution in [1.29, 1.82) is 0 Å². The third-order valence-electron chi connectivity index (χ3n) is 8.33. The number of alkyl halides is 3. The molecular formula is C34H32F3N5OS. The molecule has 1 saturated heterocycles. The van der Waals surface area contributed by atoms with Crippen molar-refractivity contribution in [2.75, 3.05) is 13.1 Å². The fourth-order valence-corrected chi connectivity index (χ4v) is 6.96. The molecule has 1 aliphatic heterocycles. The van der Waals surface area contributed by atoms with Crippen LogP contribution >= 0.6 is 11.3 Å². The molecule has 0 atom stereocenters. The Balaban J connectivity index is 1.18. The van der Waals surface area contributed by atoms with E-state index in [0.717, 1.165) is 70.7 Å². The molecule has 0 spiro atoms. The first kappa shape index (κ1) is 29.7. The Bertz CT molecular complexity index is 1790. The lowest BCUT2D eigenvalue weighted by molar-refractivity contribution is -0.137. The van der Waals surface area contributed by atoms with Crippen LogP contribution in [-0.4, -0.2) is 43.4 Å². The number of aryl methyl sites for hydroxylation is 1. The lowest BCUT2D eigenvalue weighted by Gasteiger charge is -2.32. The van der Waals surface area contributed by atoms with Gasteiger partial charge in [0.05, 0.1) is 16.3 Å². The highest BCUT2D eigenvalue weighted by atomic mass is 32.1. The number of hydrogen-bond donors (Lipinski definition) is 0. The number of carbonyl (C=O) groups is 1. The molecule has 1 aliphatic rings. The maximum absolute atomic E-state index is 13.7. The van der Waals surface area contributed by atoms with Crippen molar-refractivity contribution in [3.63, 3.8) is 0 Å². The minimum Gasteiger partial charge on any atom is -0.339 e. The Morgan fingerprint density at radius 1 is 0.955 bits per heavy atom. The molecular weight excluding hydrogens is 583 g/mol. The quantitative estimate of drug-likeness (QED) is 0.192. The molecule has 1 amide bonds. The van der Waals surface area contributed by atoms with Gasteiger partial charge in [0.25, 0.3) is 5.91 Å². The van der Waals surface area contributed by atoms with Crippen molar-refractivity contribution in [3.05, 3.63) is 99.6 Å². The highest BCUT2D eigenvalue weighted by molar-refractivity contribution is 7.10. The van der Waals surface area contributed by atoms with Crippen molar-refractivity contribution in [3.8, 4) is 34.0 Å². The number of rotatable bonds is 6. The predicted octanol–water partition coefficient (Wildman–Crippen LogP) is 8.41. The van der Waals surface area contributed by atoms with Gasteiger partial charge in [0, 0.05) is 48.4 Å². The number of benzene rings is 2. The molecule has 5 aromatic rings. The summed E-state index contributed by atoms with van der Waals surface area (Å²) in [6, 6.07) is 16.3. The molecule has 0 saturated carbocycles.